The summed E-state index contributed by atoms with van der Waals surface area (Å²) in [6, 6.07) is 3.16. The molecule has 0 spiro atoms. The monoisotopic (exact) mass is 380 g/mol. The molecular weight excluding hydrogens is 362 g/mol. The first-order chi connectivity index (χ1) is 12.4. The van der Waals surface area contributed by atoms with Crippen LogP contribution in [0.2, 0.25) is 0 Å². The van der Waals surface area contributed by atoms with Crippen LogP contribution in [0.5, 0.6) is 0 Å². The SMILES string of the molecule is C[C@@H](SCc1ncnn1C)[C@](O)(Cn1cncn1)c1ccc(F)cc1F. The van der Waals surface area contributed by atoms with Gasteiger partial charge in [-0.15, -0.1) is 11.8 Å². The van der Waals surface area contributed by atoms with Gasteiger partial charge in [0, 0.05) is 23.9 Å². The Balaban J connectivity index is 1.90. The van der Waals surface area contributed by atoms with Crippen LogP contribution in [0.4, 0.5) is 8.78 Å². The van der Waals surface area contributed by atoms with Crippen molar-refractivity contribution in [3.63, 3.8) is 0 Å². The summed E-state index contributed by atoms with van der Waals surface area (Å²) in [5.41, 5.74) is -1.62. The number of benzene rings is 1. The Morgan fingerprint density at radius 3 is 2.69 bits per heavy atom. The molecule has 0 radical (unpaired) electrons. The van der Waals surface area contributed by atoms with Crippen LogP contribution >= 0.6 is 11.8 Å². The quantitative estimate of drug-likeness (QED) is 0.674. The van der Waals surface area contributed by atoms with Gasteiger partial charge in [-0.25, -0.2) is 23.4 Å². The number of aliphatic hydroxyl groups is 1. The predicted molar refractivity (Wildman–Crippen MR) is 92.0 cm³/mol. The topological polar surface area (TPSA) is 81.6 Å². The van der Waals surface area contributed by atoms with E-state index < -0.39 is 22.5 Å². The van der Waals surface area contributed by atoms with E-state index in [0.717, 1.165) is 18.0 Å². The van der Waals surface area contributed by atoms with Crippen LogP contribution in [0, 0.1) is 11.6 Å². The molecular formula is C16H18F2N6OS. The molecule has 0 fully saturated rings. The first kappa shape index (κ1) is 18.5. The third-order valence-corrected chi connectivity index (χ3v) is 5.52. The Morgan fingerprint density at radius 2 is 2.08 bits per heavy atom. The summed E-state index contributed by atoms with van der Waals surface area (Å²) in [6.45, 7) is 1.75. The summed E-state index contributed by atoms with van der Waals surface area (Å²) in [5, 5.41) is 18.9. The first-order valence-electron chi connectivity index (χ1n) is 7.85. The van der Waals surface area contributed by atoms with E-state index in [1.807, 2.05) is 0 Å². The molecule has 0 bridgehead atoms. The molecule has 2 heterocycles. The van der Waals surface area contributed by atoms with Crippen molar-refractivity contribution in [2.45, 2.75) is 30.1 Å². The molecule has 0 amide bonds. The van der Waals surface area contributed by atoms with Crippen LogP contribution in [0.3, 0.4) is 0 Å². The van der Waals surface area contributed by atoms with E-state index in [0.29, 0.717) is 5.75 Å². The highest BCUT2D eigenvalue weighted by atomic mass is 32.2. The fourth-order valence-corrected chi connectivity index (χ4v) is 3.76. The minimum absolute atomic E-state index is 0.00682. The van der Waals surface area contributed by atoms with Gasteiger partial charge in [0.05, 0.1) is 12.3 Å². The second-order valence-corrected chi connectivity index (χ2v) is 7.22. The van der Waals surface area contributed by atoms with Crippen molar-refractivity contribution in [2.75, 3.05) is 0 Å². The van der Waals surface area contributed by atoms with Gasteiger partial charge in [-0.05, 0) is 6.07 Å². The lowest BCUT2D eigenvalue weighted by molar-refractivity contribution is 0.0133. The van der Waals surface area contributed by atoms with E-state index in [2.05, 4.69) is 20.2 Å². The molecule has 0 aliphatic rings. The molecule has 138 valence electrons. The van der Waals surface area contributed by atoms with Gasteiger partial charge < -0.3 is 5.11 Å². The number of thioether (sulfide) groups is 1. The van der Waals surface area contributed by atoms with Crippen LogP contribution in [-0.4, -0.2) is 39.9 Å². The molecule has 2 aromatic heterocycles. The van der Waals surface area contributed by atoms with Gasteiger partial charge in [0.25, 0.3) is 0 Å². The average molecular weight is 380 g/mol. The number of hydrogen-bond donors (Lipinski definition) is 1. The van der Waals surface area contributed by atoms with E-state index >= 15 is 0 Å². The minimum Gasteiger partial charge on any atom is -0.382 e. The van der Waals surface area contributed by atoms with Gasteiger partial charge in [-0.3, -0.25) is 4.68 Å². The highest BCUT2D eigenvalue weighted by molar-refractivity contribution is 7.99. The summed E-state index contributed by atoms with van der Waals surface area (Å²) >= 11 is 1.39. The lowest BCUT2D eigenvalue weighted by Crippen LogP contribution is -2.41. The Labute approximate surface area is 153 Å². The minimum atomic E-state index is -1.63. The maximum Gasteiger partial charge on any atom is 0.138 e. The highest BCUT2D eigenvalue weighted by Crippen LogP contribution is 2.37. The molecule has 0 saturated carbocycles. The van der Waals surface area contributed by atoms with E-state index in [9.17, 15) is 13.9 Å². The Hall–Kier alpha value is -2.33. The van der Waals surface area contributed by atoms with Crippen molar-refractivity contribution in [2.24, 2.45) is 7.05 Å². The molecule has 0 aliphatic heterocycles. The average Bonchev–Trinajstić information content (AvgIpc) is 3.24. The maximum absolute atomic E-state index is 14.4. The van der Waals surface area contributed by atoms with Crippen LogP contribution in [-0.2, 0) is 24.9 Å². The number of aromatic nitrogens is 6. The molecule has 0 aliphatic carbocycles. The Bertz CT molecular complexity index is 872. The van der Waals surface area contributed by atoms with Crippen LogP contribution in [0.25, 0.3) is 0 Å². The zero-order valence-corrected chi connectivity index (χ0v) is 15.1. The standard InChI is InChI=1S/C16H18F2N6OS/c1-11(26-6-15-20-9-21-23(15)2)16(25,7-24-10-19-8-22-24)13-4-3-12(17)5-14(13)18/h3-5,8-11,25H,6-7H2,1-2H3/t11-,16-/m1/s1. The number of nitrogens with zero attached hydrogens (tertiary/aromatic N) is 6. The van der Waals surface area contributed by atoms with E-state index in [1.165, 1.54) is 41.5 Å². The maximum atomic E-state index is 14.4. The third kappa shape index (κ3) is 3.75. The fourth-order valence-electron chi connectivity index (χ4n) is 2.62. The van der Waals surface area contributed by atoms with Crippen LogP contribution in [0.15, 0.2) is 37.2 Å². The van der Waals surface area contributed by atoms with E-state index in [1.54, 1.807) is 18.7 Å². The molecule has 10 heteroatoms. The predicted octanol–water partition coefficient (Wildman–Crippen LogP) is 1.89. The van der Waals surface area contributed by atoms with Crippen molar-refractivity contribution in [3.05, 3.63) is 60.2 Å². The molecule has 7 nitrogen and oxygen atoms in total. The fraction of sp³-hybridized carbons (Fsp3) is 0.375. The van der Waals surface area contributed by atoms with Crippen molar-refractivity contribution in [1.29, 1.82) is 0 Å². The van der Waals surface area contributed by atoms with Gasteiger partial charge in [-0.1, -0.05) is 13.0 Å². The molecule has 3 aromatic rings. The smallest absolute Gasteiger partial charge is 0.138 e. The molecule has 0 saturated heterocycles. The normalized spacial score (nSPS) is 15.0. The number of hydrogen-bond acceptors (Lipinski definition) is 6. The molecule has 0 unspecified atom stereocenters. The van der Waals surface area contributed by atoms with Crippen LogP contribution in [0.1, 0.15) is 18.3 Å². The van der Waals surface area contributed by atoms with Gasteiger partial charge in [0.1, 0.15) is 42.0 Å². The number of halogens is 2. The van der Waals surface area contributed by atoms with Crippen molar-refractivity contribution in [1.82, 2.24) is 29.5 Å². The summed E-state index contributed by atoms with van der Waals surface area (Å²) < 4.78 is 30.8. The zero-order valence-electron chi connectivity index (χ0n) is 14.3. The Morgan fingerprint density at radius 1 is 1.27 bits per heavy atom. The zero-order chi connectivity index (χ0) is 18.7. The van der Waals surface area contributed by atoms with Gasteiger partial charge >= 0.3 is 0 Å². The molecule has 2 atom stereocenters. The number of aryl methyl sites for hydroxylation is 1. The first-order valence-corrected chi connectivity index (χ1v) is 8.90. The third-order valence-electron chi connectivity index (χ3n) is 4.21. The van der Waals surface area contributed by atoms with Gasteiger partial charge in [-0.2, -0.15) is 10.2 Å². The lowest BCUT2D eigenvalue weighted by Gasteiger charge is -2.34. The summed E-state index contributed by atoms with van der Waals surface area (Å²) in [4.78, 5) is 8.00. The molecule has 26 heavy (non-hydrogen) atoms. The second-order valence-electron chi connectivity index (χ2n) is 5.89. The summed E-state index contributed by atoms with van der Waals surface area (Å²) in [5.74, 6) is -0.308. The van der Waals surface area contributed by atoms with E-state index in [4.69, 9.17) is 0 Å². The van der Waals surface area contributed by atoms with E-state index in [-0.39, 0.29) is 12.1 Å². The second kappa shape index (κ2) is 7.50. The van der Waals surface area contributed by atoms with Crippen LogP contribution < -0.4 is 0 Å². The molecule has 3 rings (SSSR count). The molecule has 1 N–H and O–H groups in total. The van der Waals surface area contributed by atoms with Crippen molar-refractivity contribution >= 4 is 11.8 Å². The summed E-state index contributed by atoms with van der Waals surface area (Å²) in [6.07, 6.45) is 4.22. The number of rotatable bonds is 7. The highest BCUT2D eigenvalue weighted by Gasteiger charge is 2.39. The lowest BCUT2D eigenvalue weighted by atomic mass is 9.90. The van der Waals surface area contributed by atoms with Gasteiger partial charge in [0.15, 0.2) is 0 Å². The van der Waals surface area contributed by atoms with Gasteiger partial charge in [0.2, 0.25) is 0 Å². The summed E-state index contributed by atoms with van der Waals surface area (Å²) in [7, 11) is 1.77. The van der Waals surface area contributed by atoms with Crippen molar-refractivity contribution < 1.29 is 13.9 Å². The largest absolute Gasteiger partial charge is 0.382 e. The van der Waals surface area contributed by atoms with Crippen molar-refractivity contribution in [3.8, 4) is 0 Å². The Kier molecular flexibility index (Phi) is 5.33. The molecule has 1 aromatic carbocycles.